The number of carbonyl (C=O) groups excluding carboxylic acids is 1. The van der Waals surface area contributed by atoms with Crippen molar-refractivity contribution in [1.82, 2.24) is 15.5 Å². The number of amides is 1. The summed E-state index contributed by atoms with van der Waals surface area (Å²) in [5, 5.41) is 6.54. The fourth-order valence-electron chi connectivity index (χ4n) is 2.52. The summed E-state index contributed by atoms with van der Waals surface area (Å²) < 4.78 is 4.97. The number of hydrogen-bond donors (Lipinski definition) is 2. The van der Waals surface area contributed by atoms with E-state index < -0.39 is 5.41 Å². The van der Waals surface area contributed by atoms with Crippen molar-refractivity contribution in [2.45, 2.75) is 33.1 Å². The van der Waals surface area contributed by atoms with Gasteiger partial charge in [-0.1, -0.05) is 24.3 Å². The van der Waals surface area contributed by atoms with Crippen molar-refractivity contribution in [3.63, 3.8) is 0 Å². The summed E-state index contributed by atoms with van der Waals surface area (Å²) in [7, 11) is 0. The molecule has 0 radical (unpaired) electrons. The maximum absolute atomic E-state index is 12.2. The number of aryl methyl sites for hydroxylation is 1. The molecule has 104 valence electrons. The summed E-state index contributed by atoms with van der Waals surface area (Å²) in [4.78, 5) is 16.5. The highest BCUT2D eigenvalue weighted by Crippen LogP contribution is 2.45. The molecule has 0 aromatic carbocycles. The average molecular weight is 282 g/mol. The number of hydrogen-bond acceptors (Lipinski definition) is 5. The van der Waals surface area contributed by atoms with Gasteiger partial charge in [-0.25, -0.2) is 0 Å². The van der Waals surface area contributed by atoms with E-state index in [9.17, 15) is 4.79 Å². The lowest BCUT2D eigenvalue weighted by atomic mass is 9.62. The maximum atomic E-state index is 12.2. The molecule has 1 fully saturated rings. The molecule has 6 nitrogen and oxygen atoms in total. The van der Waals surface area contributed by atoms with E-state index in [-0.39, 0.29) is 10.9 Å². The predicted molar refractivity (Wildman–Crippen MR) is 73.4 cm³/mol. The van der Waals surface area contributed by atoms with Crippen LogP contribution in [0.4, 0.5) is 0 Å². The molecule has 1 aromatic rings. The van der Waals surface area contributed by atoms with E-state index in [0.29, 0.717) is 30.6 Å². The van der Waals surface area contributed by atoms with Gasteiger partial charge in [0, 0.05) is 13.0 Å². The Morgan fingerprint density at radius 3 is 2.79 bits per heavy atom. The molecule has 1 aliphatic carbocycles. The van der Waals surface area contributed by atoms with E-state index in [0.717, 1.165) is 12.8 Å². The van der Waals surface area contributed by atoms with Crippen LogP contribution in [-0.2, 0) is 11.2 Å². The molecule has 1 aromatic heterocycles. The van der Waals surface area contributed by atoms with E-state index in [4.69, 9.17) is 22.5 Å². The normalized spacial score (nSPS) is 25.7. The van der Waals surface area contributed by atoms with Crippen LogP contribution in [0.5, 0.6) is 0 Å². The lowest BCUT2D eigenvalue weighted by molar-refractivity contribution is -0.132. The molecule has 2 rings (SSSR count). The zero-order valence-corrected chi connectivity index (χ0v) is 11.9. The molecule has 1 amide bonds. The zero-order valence-electron chi connectivity index (χ0n) is 11.1. The van der Waals surface area contributed by atoms with Gasteiger partial charge in [0.1, 0.15) is 0 Å². The molecule has 7 heteroatoms. The minimum Gasteiger partial charge on any atom is -0.392 e. The molecule has 19 heavy (non-hydrogen) atoms. The van der Waals surface area contributed by atoms with Gasteiger partial charge in [-0.3, -0.25) is 4.79 Å². The molecule has 1 aliphatic rings. The van der Waals surface area contributed by atoms with Gasteiger partial charge >= 0.3 is 0 Å². The second kappa shape index (κ2) is 5.24. The fraction of sp³-hybridized carbons (Fsp3) is 0.667. The van der Waals surface area contributed by atoms with Gasteiger partial charge in [0.15, 0.2) is 5.82 Å². The Hall–Kier alpha value is -1.50. The number of carbonyl (C=O) groups is 1. The van der Waals surface area contributed by atoms with Crippen molar-refractivity contribution >= 4 is 23.1 Å². The average Bonchev–Trinajstić information content (AvgIpc) is 2.70. The van der Waals surface area contributed by atoms with Gasteiger partial charge in [-0.15, -0.1) is 0 Å². The highest BCUT2D eigenvalue weighted by molar-refractivity contribution is 7.80. The van der Waals surface area contributed by atoms with Crippen molar-refractivity contribution in [3.8, 4) is 0 Å². The third-order valence-corrected chi connectivity index (χ3v) is 3.88. The maximum Gasteiger partial charge on any atom is 0.233 e. The molecule has 0 bridgehead atoms. The van der Waals surface area contributed by atoms with Crippen LogP contribution in [-0.4, -0.2) is 27.6 Å². The summed E-state index contributed by atoms with van der Waals surface area (Å²) >= 11 is 5.03. The molecule has 3 N–H and O–H groups in total. The van der Waals surface area contributed by atoms with Crippen LogP contribution in [0.15, 0.2) is 4.52 Å². The Labute approximate surface area is 117 Å². The topological polar surface area (TPSA) is 94.0 Å². The minimum absolute atomic E-state index is 0.0886. The van der Waals surface area contributed by atoms with E-state index in [1.54, 1.807) is 6.92 Å². The molecule has 0 unspecified atom stereocenters. The van der Waals surface area contributed by atoms with E-state index >= 15 is 0 Å². The van der Waals surface area contributed by atoms with Crippen LogP contribution in [0, 0.1) is 18.3 Å². The molecule has 0 saturated heterocycles. The summed E-state index contributed by atoms with van der Waals surface area (Å²) in [6, 6.07) is 0. The molecule has 0 atom stereocenters. The van der Waals surface area contributed by atoms with Crippen LogP contribution in [0.2, 0.25) is 0 Å². The highest BCUT2D eigenvalue weighted by atomic mass is 32.1. The smallest absolute Gasteiger partial charge is 0.233 e. The number of aromatic nitrogens is 2. The Morgan fingerprint density at radius 2 is 2.32 bits per heavy atom. The van der Waals surface area contributed by atoms with Crippen molar-refractivity contribution in [1.29, 1.82) is 0 Å². The zero-order chi connectivity index (χ0) is 14.0. The Balaban J connectivity index is 1.85. The lowest BCUT2D eigenvalue weighted by Crippen LogP contribution is -2.56. The van der Waals surface area contributed by atoms with Gasteiger partial charge < -0.3 is 15.6 Å². The second-order valence-corrected chi connectivity index (χ2v) is 5.64. The van der Waals surface area contributed by atoms with Gasteiger partial charge in [0.25, 0.3) is 0 Å². The minimum atomic E-state index is -0.653. The first-order valence-corrected chi connectivity index (χ1v) is 6.72. The number of nitrogens with one attached hydrogen (secondary N) is 1. The predicted octanol–water partition coefficient (Wildman–Crippen LogP) is 0.739. The van der Waals surface area contributed by atoms with E-state index in [1.165, 1.54) is 0 Å². The third-order valence-electron chi connectivity index (χ3n) is 3.49. The molecule has 0 aliphatic heterocycles. The van der Waals surface area contributed by atoms with Crippen LogP contribution in [0.25, 0.3) is 0 Å². The van der Waals surface area contributed by atoms with Gasteiger partial charge in [-0.05, 0) is 25.7 Å². The monoisotopic (exact) mass is 282 g/mol. The number of nitrogens with zero attached hydrogens (tertiary/aromatic N) is 2. The first-order chi connectivity index (χ1) is 8.94. The van der Waals surface area contributed by atoms with Crippen molar-refractivity contribution < 1.29 is 9.32 Å². The number of nitrogens with two attached hydrogens (primary N) is 1. The SMILES string of the molecule is Cc1noc(CCNC(=O)C2(C(N)=S)CC(C)C2)n1. The molecule has 1 heterocycles. The first-order valence-electron chi connectivity index (χ1n) is 6.31. The van der Waals surface area contributed by atoms with Crippen molar-refractivity contribution in [2.75, 3.05) is 6.54 Å². The van der Waals surface area contributed by atoms with Crippen LogP contribution < -0.4 is 11.1 Å². The Kier molecular flexibility index (Phi) is 3.84. The lowest BCUT2D eigenvalue weighted by Gasteiger charge is -2.44. The van der Waals surface area contributed by atoms with Crippen molar-refractivity contribution in [2.24, 2.45) is 17.1 Å². The summed E-state index contributed by atoms with van der Waals surface area (Å²) in [5.41, 5.74) is 5.06. The standard InChI is InChI=1S/C12H18N4O2S/c1-7-5-12(6-7,10(13)19)11(17)14-4-3-9-15-8(2)16-18-9/h7H,3-6H2,1-2H3,(H2,13,19)(H,14,17). The molecule has 0 spiro atoms. The second-order valence-electron chi connectivity index (χ2n) is 5.20. The molecular weight excluding hydrogens is 264 g/mol. The highest BCUT2D eigenvalue weighted by Gasteiger charge is 2.50. The van der Waals surface area contributed by atoms with Crippen molar-refractivity contribution in [3.05, 3.63) is 11.7 Å². The van der Waals surface area contributed by atoms with Crippen LogP contribution in [0.3, 0.4) is 0 Å². The van der Waals surface area contributed by atoms with Crippen LogP contribution in [0.1, 0.15) is 31.5 Å². The Bertz CT molecular complexity index is 494. The number of thiocarbonyl (C=S) groups is 1. The van der Waals surface area contributed by atoms with Gasteiger partial charge in [0.05, 0.1) is 10.4 Å². The molecule has 1 saturated carbocycles. The Morgan fingerprint density at radius 1 is 1.63 bits per heavy atom. The number of rotatable bonds is 5. The van der Waals surface area contributed by atoms with E-state index in [1.807, 2.05) is 0 Å². The van der Waals surface area contributed by atoms with Gasteiger partial charge in [0.2, 0.25) is 11.8 Å². The largest absolute Gasteiger partial charge is 0.392 e. The third kappa shape index (κ3) is 2.75. The van der Waals surface area contributed by atoms with E-state index in [2.05, 4.69) is 22.4 Å². The molecular formula is C12H18N4O2S. The fourth-order valence-corrected chi connectivity index (χ4v) is 2.78. The van der Waals surface area contributed by atoms with Gasteiger partial charge in [-0.2, -0.15) is 4.98 Å². The first kappa shape index (κ1) is 13.9. The summed E-state index contributed by atoms with van der Waals surface area (Å²) in [5.74, 6) is 1.51. The summed E-state index contributed by atoms with van der Waals surface area (Å²) in [6.45, 7) is 4.29. The quantitative estimate of drug-likeness (QED) is 0.774. The summed E-state index contributed by atoms with van der Waals surface area (Å²) in [6.07, 6.45) is 1.97. The van der Waals surface area contributed by atoms with Crippen LogP contribution >= 0.6 is 12.2 Å².